The summed E-state index contributed by atoms with van der Waals surface area (Å²) in [5.41, 5.74) is 0. The molecule has 4 atom stereocenters. The zero-order chi connectivity index (χ0) is 10.1. The Bertz CT molecular complexity index is 203. The highest BCUT2D eigenvalue weighted by molar-refractivity contribution is 5.85. The van der Waals surface area contributed by atoms with Gasteiger partial charge in [0.15, 0.2) is 0 Å². The van der Waals surface area contributed by atoms with E-state index in [0.717, 1.165) is 19.0 Å². The Labute approximate surface area is 98.6 Å². The lowest BCUT2D eigenvalue weighted by atomic mass is 10.1. The predicted molar refractivity (Wildman–Crippen MR) is 64.5 cm³/mol. The second-order valence-electron chi connectivity index (χ2n) is 4.89. The number of rotatable bonds is 2. The minimum Gasteiger partial charge on any atom is -0.390 e. The molecule has 90 valence electrons. The third-order valence-corrected chi connectivity index (χ3v) is 3.71. The molecule has 0 aromatic rings. The molecule has 0 aromatic carbocycles. The second kappa shape index (κ2) is 5.48. The Morgan fingerprint density at radius 1 is 1.40 bits per heavy atom. The first-order valence-corrected chi connectivity index (χ1v) is 5.87. The normalized spacial score (nSPS) is 41.8. The van der Waals surface area contributed by atoms with Crippen molar-refractivity contribution in [3.63, 3.8) is 0 Å². The quantitative estimate of drug-likeness (QED) is 0.744. The molecule has 15 heavy (non-hydrogen) atoms. The van der Waals surface area contributed by atoms with Crippen molar-refractivity contribution in [3.8, 4) is 0 Å². The molecule has 2 unspecified atom stereocenters. The van der Waals surface area contributed by atoms with Crippen LogP contribution >= 0.6 is 12.4 Å². The minimum absolute atomic E-state index is 0. The lowest BCUT2D eigenvalue weighted by Crippen LogP contribution is -2.45. The van der Waals surface area contributed by atoms with Gasteiger partial charge in [0, 0.05) is 31.7 Å². The Morgan fingerprint density at radius 2 is 2.13 bits per heavy atom. The van der Waals surface area contributed by atoms with Crippen LogP contribution in [-0.2, 0) is 0 Å². The van der Waals surface area contributed by atoms with Crippen LogP contribution in [0, 0.1) is 5.92 Å². The van der Waals surface area contributed by atoms with E-state index in [1.54, 1.807) is 0 Å². The maximum absolute atomic E-state index is 9.84. The summed E-state index contributed by atoms with van der Waals surface area (Å²) in [5, 5.41) is 13.1. The zero-order valence-corrected chi connectivity index (χ0v) is 10.5. The molecule has 0 amide bonds. The third-order valence-electron chi connectivity index (χ3n) is 3.71. The van der Waals surface area contributed by atoms with Gasteiger partial charge in [0.2, 0.25) is 0 Å². The molecule has 2 rings (SSSR count). The highest BCUT2D eigenvalue weighted by Gasteiger charge is 2.38. The SMILES string of the molecule is CCC1CC(C)CN1[C@@H]1CNC[C@H]1O.Cl. The summed E-state index contributed by atoms with van der Waals surface area (Å²) >= 11 is 0. The van der Waals surface area contributed by atoms with E-state index < -0.39 is 0 Å². The average Bonchev–Trinajstić information content (AvgIpc) is 2.71. The summed E-state index contributed by atoms with van der Waals surface area (Å²) in [6, 6.07) is 1.06. The summed E-state index contributed by atoms with van der Waals surface area (Å²) in [4.78, 5) is 2.52. The van der Waals surface area contributed by atoms with Crippen molar-refractivity contribution >= 4 is 12.4 Å². The monoisotopic (exact) mass is 234 g/mol. The predicted octanol–water partition coefficient (Wildman–Crippen LogP) is 0.861. The summed E-state index contributed by atoms with van der Waals surface area (Å²) in [7, 11) is 0. The van der Waals surface area contributed by atoms with Gasteiger partial charge in [0.05, 0.1) is 6.10 Å². The van der Waals surface area contributed by atoms with Crippen molar-refractivity contribution < 1.29 is 5.11 Å². The van der Waals surface area contributed by atoms with Crippen molar-refractivity contribution in [2.45, 2.75) is 44.9 Å². The Balaban J connectivity index is 0.00000112. The number of β-amino-alcohol motifs (C(OH)–C–C–N with tert-alkyl or cyclic N) is 1. The third kappa shape index (κ3) is 2.64. The highest BCUT2D eigenvalue weighted by atomic mass is 35.5. The molecule has 0 spiro atoms. The van der Waals surface area contributed by atoms with Gasteiger partial charge >= 0.3 is 0 Å². The van der Waals surface area contributed by atoms with Crippen molar-refractivity contribution in [2.24, 2.45) is 5.92 Å². The van der Waals surface area contributed by atoms with E-state index in [4.69, 9.17) is 0 Å². The molecule has 0 radical (unpaired) electrons. The molecular weight excluding hydrogens is 212 g/mol. The fourth-order valence-electron chi connectivity index (χ4n) is 2.98. The van der Waals surface area contributed by atoms with Gasteiger partial charge in [-0.1, -0.05) is 13.8 Å². The van der Waals surface area contributed by atoms with Crippen LogP contribution in [-0.4, -0.2) is 47.8 Å². The molecule has 2 aliphatic rings. The topological polar surface area (TPSA) is 35.5 Å². The summed E-state index contributed by atoms with van der Waals surface area (Å²) in [6.07, 6.45) is 2.36. The fourth-order valence-corrected chi connectivity index (χ4v) is 2.98. The number of aliphatic hydroxyl groups excluding tert-OH is 1. The van der Waals surface area contributed by atoms with Gasteiger partial charge in [-0.2, -0.15) is 0 Å². The molecule has 2 saturated heterocycles. The van der Waals surface area contributed by atoms with Crippen LogP contribution < -0.4 is 5.32 Å². The van der Waals surface area contributed by atoms with Gasteiger partial charge in [0.1, 0.15) is 0 Å². The number of hydrogen-bond donors (Lipinski definition) is 2. The maximum atomic E-state index is 9.84. The summed E-state index contributed by atoms with van der Waals surface area (Å²) < 4.78 is 0. The molecule has 2 N–H and O–H groups in total. The van der Waals surface area contributed by atoms with Crippen molar-refractivity contribution in [1.29, 1.82) is 0 Å². The molecule has 2 aliphatic heterocycles. The zero-order valence-electron chi connectivity index (χ0n) is 9.65. The highest BCUT2D eigenvalue weighted by Crippen LogP contribution is 2.28. The molecule has 3 nitrogen and oxygen atoms in total. The van der Waals surface area contributed by atoms with E-state index >= 15 is 0 Å². The largest absolute Gasteiger partial charge is 0.390 e. The van der Waals surface area contributed by atoms with Crippen molar-refractivity contribution in [2.75, 3.05) is 19.6 Å². The van der Waals surface area contributed by atoms with E-state index in [0.29, 0.717) is 12.1 Å². The van der Waals surface area contributed by atoms with E-state index in [9.17, 15) is 5.11 Å². The Morgan fingerprint density at radius 3 is 2.67 bits per heavy atom. The lowest BCUT2D eigenvalue weighted by Gasteiger charge is -2.31. The summed E-state index contributed by atoms with van der Waals surface area (Å²) in [5.74, 6) is 0.799. The van der Waals surface area contributed by atoms with Crippen LogP contribution in [0.25, 0.3) is 0 Å². The molecule has 2 heterocycles. The molecular formula is C11H23ClN2O. The molecule has 0 saturated carbocycles. The standard InChI is InChI=1S/C11H22N2O.ClH/c1-3-9-4-8(2)7-13(9)10-5-12-6-11(10)14;/h8-12,14H,3-7H2,1-2H3;1H/t8?,9?,10-,11-;/m1./s1. The van der Waals surface area contributed by atoms with E-state index in [1.165, 1.54) is 19.4 Å². The van der Waals surface area contributed by atoms with Crippen LogP contribution in [0.4, 0.5) is 0 Å². The number of likely N-dealkylation sites (tertiary alicyclic amines) is 1. The lowest BCUT2D eigenvalue weighted by molar-refractivity contribution is 0.0727. The smallest absolute Gasteiger partial charge is 0.0831 e. The van der Waals surface area contributed by atoms with E-state index in [1.807, 2.05) is 0 Å². The van der Waals surface area contributed by atoms with E-state index in [-0.39, 0.29) is 18.5 Å². The number of aliphatic hydroxyl groups is 1. The molecule has 0 aliphatic carbocycles. The van der Waals surface area contributed by atoms with Gasteiger partial charge in [-0.05, 0) is 18.8 Å². The number of halogens is 1. The van der Waals surface area contributed by atoms with Gasteiger partial charge in [0.25, 0.3) is 0 Å². The van der Waals surface area contributed by atoms with Gasteiger partial charge in [-0.3, -0.25) is 4.90 Å². The van der Waals surface area contributed by atoms with Gasteiger partial charge in [-0.25, -0.2) is 0 Å². The number of nitrogens with one attached hydrogen (secondary N) is 1. The minimum atomic E-state index is -0.158. The van der Waals surface area contributed by atoms with Gasteiger partial charge in [-0.15, -0.1) is 12.4 Å². The first kappa shape index (κ1) is 13.2. The first-order chi connectivity index (χ1) is 6.72. The van der Waals surface area contributed by atoms with Crippen LogP contribution in [0.5, 0.6) is 0 Å². The second-order valence-corrected chi connectivity index (χ2v) is 4.89. The van der Waals surface area contributed by atoms with Crippen LogP contribution in [0.1, 0.15) is 26.7 Å². The molecule has 4 heteroatoms. The average molecular weight is 235 g/mol. The first-order valence-electron chi connectivity index (χ1n) is 5.87. The van der Waals surface area contributed by atoms with Crippen molar-refractivity contribution in [3.05, 3.63) is 0 Å². The Hall–Kier alpha value is 0.170. The maximum Gasteiger partial charge on any atom is 0.0831 e. The van der Waals surface area contributed by atoms with Crippen LogP contribution in [0.2, 0.25) is 0 Å². The number of hydrogen-bond acceptors (Lipinski definition) is 3. The molecule has 0 aromatic heterocycles. The molecule has 0 bridgehead atoms. The Kier molecular flexibility index (Phi) is 4.84. The van der Waals surface area contributed by atoms with E-state index in [2.05, 4.69) is 24.1 Å². The van der Waals surface area contributed by atoms with Crippen LogP contribution in [0.3, 0.4) is 0 Å². The summed E-state index contributed by atoms with van der Waals surface area (Å²) in [6.45, 7) is 7.47. The molecule has 2 fully saturated rings. The van der Waals surface area contributed by atoms with Crippen molar-refractivity contribution in [1.82, 2.24) is 10.2 Å². The fraction of sp³-hybridized carbons (Fsp3) is 1.00. The van der Waals surface area contributed by atoms with Crippen LogP contribution in [0.15, 0.2) is 0 Å². The number of nitrogens with zero attached hydrogens (tertiary/aromatic N) is 1. The van der Waals surface area contributed by atoms with Gasteiger partial charge < -0.3 is 10.4 Å².